The van der Waals surface area contributed by atoms with Gasteiger partial charge in [-0.05, 0) is 35.7 Å². The molecule has 2 aromatic carbocycles. The first-order valence-electron chi connectivity index (χ1n) is 6.40. The zero-order valence-electron chi connectivity index (χ0n) is 11.1. The highest BCUT2D eigenvalue weighted by atomic mass is 16.5. The fourth-order valence-electron chi connectivity index (χ4n) is 2.16. The summed E-state index contributed by atoms with van der Waals surface area (Å²) in [7, 11) is 0. The van der Waals surface area contributed by atoms with E-state index in [4.69, 9.17) is 10.3 Å². The van der Waals surface area contributed by atoms with Gasteiger partial charge in [-0.25, -0.2) is 0 Å². The number of nitrogens with two attached hydrogens (primary N) is 1. The van der Waals surface area contributed by atoms with Gasteiger partial charge in [-0.2, -0.15) is 0 Å². The Morgan fingerprint density at radius 3 is 2.47 bits per heavy atom. The van der Waals surface area contributed by atoms with Crippen LogP contribution < -0.4 is 5.73 Å². The molecule has 0 aliphatic carbocycles. The predicted molar refractivity (Wildman–Crippen MR) is 77.9 cm³/mol. The largest absolute Gasteiger partial charge is 0.399 e. The molecule has 0 radical (unpaired) electrons. The van der Waals surface area contributed by atoms with Gasteiger partial charge in [0.2, 0.25) is 0 Å². The minimum absolute atomic E-state index is 0.485. The van der Waals surface area contributed by atoms with Crippen molar-refractivity contribution in [3.05, 3.63) is 48.0 Å². The van der Waals surface area contributed by atoms with E-state index >= 15 is 0 Å². The predicted octanol–water partition coefficient (Wildman–Crippen LogP) is 4.20. The standard InChI is InChI=1S/C16H16N2O/c1-10(2)12-5-8-15-14(9-12)16(18-19-15)11-3-6-13(17)7-4-11/h3-10H,17H2,1-2H3. The molecule has 19 heavy (non-hydrogen) atoms. The third-order valence-electron chi connectivity index (χ3n) is 3.34. The Balaban J connectivity index is 2.18. The van der Waals surface area contributed by atoms with E-state index in [-0.39, 0.29) is 0 Å². The molecule has 3 rings (SSSR count). The summed E-state index contributed by atoms with van der Waals surface area (Å²) in [6, 6.07) is 13.9. The van der Waals surface area contributed by atoms with Gasteiger partial charge < -0.3 is 10.3 Å². The smallest absolute Gasteiger partial charge is 0.167 e. The molecule has 2 N–H and O–H groups in total. The van der Waals surface area contributed by atoms with Crippen molar-refractivity contribution < 1.29 is 4.52 Å². The van der Waals surface area contributed by atoms with Gasteiger partial charge in [0, 0.05) is 16.6 Å². The highest BCUT2D eigenvalue weighted by Crippen LogP contribution is 2.30. The van der Waals surface area contributed by atoms with Crippen LogP contribution >= 0.6 is 0 Å². The molecule has 1 aromatic heterocycles. The third-order valence-corrected chi connectivity index (χ3v) is 3.34. The number of aromatic nitrogens is 1. The van der Waals surface area contributed by atoms with Crippen LogP contribution in [0.4, 0.5) is 5.69 Å². The van der Waals surface area contributed by atoms with Gasteiger partial charge >= 0.3 is 0 Å². The zero-order valence-corrected chi connectivity index (χ0v) is 11.1. The van der Waals surface area contributed by atoms with Gasteiger partial charge in [-0.15, -0.1) is 0 Å². The van der Waals surface area contributed by atoms with Crippen molar-refractivity contribution in [2.75, 3.05) is 5.73 Å². The molecular weight excluding hydrogens is 236 g/mol. The number of fused-ring (bicyclic) bond motifs is 1. The lowest BCUT2D eigenvalue weighted by Crippen LogP contribution is -1.87. The van der Waals surface area contributed by atoms with Crippen LogP contribution in [0.1, 0.15) is 25.3 Å². The number of benzene rings is 2. The van der Waals surface area contributed by atoms with Gasteiger partial charge in [0.15, 0.2) is 5.58 Å². The fraction of sp³-hybridized carbons (Fsp3) is 0.188. The molecule has 0 unspecified atom stereocenters. The summed E-state index contributed by atoms with van der Waals surface area (Å²) in [4.78, 5) is 0. The first kappa shape index (κ1) is 11.8. The van der Waals surface area contributed by atoms with Crippen molar-refractivity contribution in [2.45, 2.75) is 19.8 Å². The van der Waals surface area contributed by atoms with E-state index < -0.39 is 0 Å². The highest BCUT2D eigenvalue weighted by molar-refractivity contribution is 5.92. The van der Waals surface area contributed by atoms with Crippen LogP contribution in [0.25, 0.3) is 22.2 Å². The van der Waals surface area contributed by atoms with E-state index in [2.05, 4.69) is 31.1 Å². The maximum absolute atomic E-state index is 5.71. The van der Waals surface area contributed by atoms with E-state index in [0.29, 0.717) is 5.92 Å². The molecule has 0 bridgehead atoms. The van der Waals surface area contributed by atoms with Gasteiger partial charge in [-0.1, -0.05) is 37.2 Å². The summed E-state index contributed by atoms with van der Waals surface area (Å²) in [5.74, 6) is 0.485. The Kier molecular flexibility index (Phi) is 2.75. The SMILES string of the molecule is CC(C)c1ccc2onc(-c3ccc(N)cc3)c2c1. The van der Waals surface area contributed by atoms with Gasteiger partial charge in [-0.3, -0.25) is 0 Å². The first-order valence-corrected chi connectivity index (χ1v) is 6.40. The van der Waals surface area contributed by atoms with E-state index in [1.54, 1.807) is 0 Å². The number of nitrogen functional groups attached to an aromatic ring is 1. The Labute approximate surface area is 112 Å². The average Bonchev–Trinajstić information content (AvgIpc) is 2.82. The second kappa shape index (κ2) is 4.43. The van der Waals surface area contributed by atoms with Crippen LogP contribution in [0, 0.1) is 0 Å². The fourth-order valence-corrected chi connectivity index (χ4v) is 2.16. The molecule has 0 saturated carbocycles. The number of anilines is 1. The Morgan fingerprint density at radius 2 is 1.79 bits per heavy atom. The van der Waals surface area contributed by atoms with Crippen LogP contribution in [0.15, 0.2) is 47.0 Å². The number of rotatable bonds is 2. The summed E-state index contributed by atoms with van der Waals surface area (Å²) in [5, 5.41) is 5.23. The lowest BCUT2D eigenvalue weighted by molar-refractivity contribution is 0.459. The van der Waals surface area contributed by atoms with Crippen LogP contribution in [0.5, 0.6) is 0 Å². The van der Waals surface area contributed by atoms with Gasteiger partial charge in [0.1, 0.15) is 5.69 Å². The van der Waals surface area contributed by atoms with Crippen molar-refractivity contribution in [1.82, 2.24) is 5.16 Å². The van der Waals surface area contributed by atoms with Crippen LogP contribution in [0.3, 0.4) is 0 Å². The average molecular weight is 252 g/mol. The molecule has 0 spiro atoms. The summed E-state index contributed by atoms with van der Waals surface area (Å²) in [6.07, 6.45) is 0. The second-order valence-corrected chi connectivity index (χ2v) is 5.06. The van der Waals surface area contributed by atoms with E-state index in [1.807, 2.05) is 30.3 Å². The van der Waals surface area contributed by atoms with Crippen molar-refractivity contribution in [3.8, 4) is 11.3 Å². The van der Waals surface area contributed by atoms with Gasteiger partial charge in [0.25, 0.3) is 0 Å². The molecule has 3 heteroatoms. The quantitative estimate of drug-likeness (QED) is 0.695. The Hall–Kier alpha value is -2.29. The lowest BCUT2D eigenvalue weighted by atomic mass is 9.99. The summed E-state index contributed by atoms with van der Waals surface area (Å²) in [6.45, 7) is 4.36. The molecule has 0 aliphatic heterocycles. The highest BCUT2D eigenvalue weighted by Gasteiger charge is 2.11. The number of hydrogen-bond acceptors (Lipinski definition) is 3. The summed E-state index contributed by atoms with van der Waals surface area (Å²) in [5.41, 5.74) is 10.5. The molecule has 0 atom stereocenters. The number of nitrogens with zero attached hydrogens (tertiary/aromatic N) is 1. The lowest BCUT2D eigenvalue weighted by Gasteiger charge is -2.04. The Bertz CT molecular complexity index is 711. The molecule has 0 fully saturated rings. The minimum Gasteiger partial charge on any atom is -0.399 e. The van der Waals surface area contributed by atoms with Crippen molar-refractivity contribution >= 4 is 16.7 Å². The molecule has 0 aliphatic rings. The minimum atomic E-state index is 0.485. The third kappa shape index (κ3) is 2.08. The van der Waals surface area contributed by atoms with Crippen molar-refractivity contribution in [1.29, 1.82) is 0 Å². The molecule has 0 amide bonds. The molecule has 1 heterocycles. The first-order chi connectivity index (χ1) is 9.15. The second-order valence-electron chi connectivity index (χ2n) is 5.06. The van der Waals surface area contributed by atoms with Crippen LogP contribution in [-0.4, -0.2) is 5.16 Å². The normalized spacial score (nSPS) is 11.3. The topological polar surface area (TPSA) is 52.0 Å². The summed E-state index contributed by atoms with van der Waals surface area (Å²) < 4.78 is 5.39. The molecular formula is C16H16N2O. The van der Waals surface area contributed by atoms with Crippen LogP contribution in [0.2, 0.25) is 0 Å². The zero-order chi connectivity index (χ0) is 13.4. The molecule has 0 saturated heterocycles. The maximum Gasteiger partial charge on any atom is 0.167 e. The van der Waals surface area contributed by atoms with Crippen molar-refractivity contribution in [2.24, 2.45) is 0 Å². The van der Waals surface area contributed by atoms with E-state index in [1.165, 1.54) is 5.56 Å². The number of hydrogen-bond donors (Lipinski definition) is 1. The Morgan fingerprint density at radius 1 is 1.05 bits per heavy atom. The molecule has 3 nitrogen and oxygen atoms in total. The maximum atomic E-state index is 5.71. The van der Waals surface area contributed by atoms with E-state index in [9.17, 15) is 0 Å². The summed E-state index contributed by atoms with van der Waals surface area (Å²) >= 11 is 0. The van der Waals surface area contributed by atoms with Crippen LogP contribution in [-0.2, 0) is 0 Å². The monoisotopic (exact) mass is 252 g/mol. The molecule has 3 aromatic rings. The van der Waals surface area contributed by atoms with Crippen molar-refractivity contribution in [3.63, 3.8) is 0 Å². The van der Waals surface area contributed by atoms with E-state index in [0.717, 1.165) is 27.9 Å². The molecule has 96 valence electrons. The van der Waals surface area contributed by atoms with Gasteiger partial charge in [0.05, 0.1) is 0 Å².